The number of hydrogen-bond acceptors (Lipinski definition) is 7. The molecule has 0 bridgehead atoms. The van der Waals surface area contributed by atoms with Crippen LogP contribution in [0.5, 0.6) is 11.5 Å². The topological polar surface area (TPSA) is 95.3 Å². The molecule has 5 rings (SSSR count). The largest absolute Gasteiger partial charge is 0.493 e. The molecule has 3 aromatic carbocycles. The van der Waals surface area contributed by atoms with Crippen LogP contribution in [0.15, 0.2) is 60.8 Å². The van der Waals surface area contributed by atoms with Crippen LogP contribution in [-0.4, -0.2) is 41.1 Å². The molecule has 0 saturated heterocycles. The van der Waals surface area contributed by atoms with Gasteiger partial charge in [0.25, 0.3) is 0 Å². The average Bonchev–Trinajstić information content (AvgIpc) is 2.91. The van der Waals surface area contributed by atoms with Crippen LogP contribution < -0.4 is 14.4 Å². The molecule has 2 heterocycles. The first-order valence-corrected chi connectivity index (χ1v) is 11.5. The quantitative estimate of drug-likeness (QED) is 0.381. The van der Waals surface area contributed by atoms with E-state index in [1.54, 1.807) is 20.4 Å². The minimum Gasteiger partial charge on any atom is -0.493 e. The van der Waals surface area contributed by atoms with E-state index in [1.165, 1.54) is 0 Å². The number of ether oxygens (including phenoxy) is 2. The van der Waals surface area contributed by atoms with Crippen molar-refractivity contribution in [3.05, 3.63) is 77.5 Å². The maximum absolute atomic E-state index is 10.5. The highest BCUT2D eigenvalue weighted by molar-refractivity contribution is 6.01. The number of methoxy groups -OCH3 is 2. The second-order valence-electron chi connectivity index (χ2n) is 8.55. The van der Waals surface area contributed by atoms with E-state index in [1.807, 2.05) is 54.6 Å². The molecule has 0 fully saturated rings. The summed E-state index contributed by atoms with van der Waals surface area (Å²) in [7, 11) is 3.17. The van der Waals surface area contributed by atoms with Crippen LogP contribution in [0.3, 0.4) is 0 Å². The van der Waals surface area contributed by atoms with Crippen molar-refractivity contribution in [2.75, 3.05) is 25.7 Å². The van der Waals surface area contributed by atoms with E-state index < -0.39 is 6.10 Å². The molecule has 0 radical (unpaired) electrons. The Morgan fingerprint density at radius 3 is 2.49 bits per heavy atom. The van der Waals surface area contributed by atoms with Crippen LogP contribution >= 0.6 is 0 Å². The molecule has 0 saturated carbocycles. The molecule has 7 heteroatoms. The number of pyridine rings is 1. The summed E-state index contributed by atoms with van der Waals surface area (Å²) >= 11 is 0. The van der Waals surface area contributed by atoms with Gasteiger partial charge in [0.2, 0.25) is 0 Å². The molecule has 0 amide bonds. The zero-order valence-corrected chi connectivity index (χ0v) is 19.7. The van der Waals surface area contributed by atoms with Crippen LogP contribution in [0.1, 0.15) is 29.2 Å². The van der Waals surface area contributed by atoms with Gasteiger partial charge >= 0.3 is 0 Å². The summed E-state index contributed by atoms with van der Waals surface area (Å²) in [6, 6.07) is 17.4. The summed E-state index contributed by atoms with van der Waals surface area (Å²) in [6.45, 7) is 0.193. The van der Waals surface area contributed by atoms with Crippen molar-refractivity contribution < 1.29 is 24.8 Å². The summed E-state index contributed by atoms with van der Waals surface area (Å²) in [6.07, 6.45) is 1.85. The average molecular weight is 473 g/mol. The number of para-hydroxylation sites is 1. The van der Waals surface area contributed by atoms with E-state index in [2.05, 4.69) is 9.88 Å². The van der Waals surface area contributed by atoms with Gasteiger partial charge in [-0.05, 0) is 75.8 Å². The third-order valence-corrected chi connectivity index (χ3v) is 6.70. The maximum atomic E-state index is 10.5. The summed E-state index contributed by atoms with van der Waals surface area (Å²) in [5.41, 5.74) is 4.77. The van der Waals surface area contributed by atoms with Gasteiger partial charge in [-0.15, -0.1) is 0 Å². The Morgan fingerprint density at radius 2 is 1.74 bits per heavy atom. The Balaban J connectivity index is 1.73. The van der Waals surface area contributed by atoms with Gasteiger partial charge in [0, 0.05) is 24.0 Å². The molecule has 1 aliphatic heterocycles. The lowest BCUT2D eigenvalue weighted by Gasteiger charge is -2.33. The Kier molecular flexibility index (Phi) is 6.30. The molecule has 0 aliphatic carbocycles. The smallest absolute Gasteiger partial charge is 0.161 e. The minimum absolute atomic E-state index is 0.206. The van der Waals surface area contributed by atoms with Gasteiger partial charge in [0.1, 0.15) is 5.82 Å². The van der Waals surface area contributed by atoms with Crippen LogP contribution in [0.25, 0.3) is 21.9 Å². The number of aromatic nitrogens is 1. The number of rotatable bonds is 6. The third kappa shape index (κ3) is 3.97. The minimum atomic E-state index is -0.501. The van der Waals surface area contributed by atoms with Crippen LogP contribution in [0, 0.1) is 0 Å². The predicted molar refractivity (Wildman–Crippen MR) is 135 cm³/mol. The van der Waals surface area contributed by atoms with Crippen molar-refractivity contribution in [3.63, 3.8) is 0 Å². The van der Waals surface area contributed by atoms with Gasteiger partial charge < -0.3 is 29.7 Å². The first-order valence-electron chi connectivity index (χ1n) is 11.5. The van der Waals surface area contributed by atoms with Gasteiger partial charge in [-0.25, -0.2) is 4.98 Å². The van der Waals surface area contributed by atoms with Crippen molar-refractivity contribution in [1.29, 1.82) is 0 Å². The standard InChI is InChI=1S/C28H28N2O5/c1-34-25-12-18-11-19(15-31)22(16-32)28(21(18)14-26(25)35-2)17-7-9-29-27(13-17)30-10-8-24(33)20-5-3-4-6-23(20)30/h3-7,9,11-14,24,31-33H,8,10,15-16H2,1-2H3. The van der Waals surface area contributed by atoms with Crippen molar-refractivity contribution in [2.45, 2.75) is 25.7 Å². The number of aliphatic hydroxyl groups excluding tert-OH is 3. The molecule has 180 valence electrons. The summed E-state index contributed by atoms with van der Waals surface area (Å²) in [4.78, 5) is 6.74. The molecular formula is C28H28N2O5. The van der Waals surface area contributed by atoms with Crippen molar-refractivity contribution >= 4 is 22.3 Å². The maximum Gasteiger partial charge on any atom is 0.161 e. The number of fused-ring (bicyclic) bond motifs is 2. The highest BCUT2D eigenvalue weighted by atomic mass is 16.5. The zero-order valence-electron chi connectivity index (χ0n) is 19.7. The first kappa shape index (κ1) is 23.1. The summed E-state index contributed by atoms with van der Waals surface area (Å²) in [5.74, 6) is 1.91. The van der Waals surface area contributed by atoms with Gasteiger partial charge in [-0.2, -0.15) is 0 Å². The highest BCUT2D eigenvalue weighted by Gasteiger charge is 2.25. The van der Waals surface area contributed by atoms with E-state index >= 15 is 0 Å². The van der Waals surface area contributed by atoms with Crippen molar-refractivity contribution in [2.24, 2.45) is 0 Å². The number of nitrogens with zero attached hydrogens (tertiary/aromatic N) is 2. The molecule has 3 N–H and O–H groups in total. The normalized spacial score (nSPS) is 15.2. The summed E-state index contributed by atoms with van der Waals surface area (Å²) < 4.78 is 11.0. The molecule has 1 atom stereocenters. The molecule has 7 nitrogen and oxygen atoms in total. The molecule has 4 aromatic rings. The summed E-state index contributed by atoms with van der Waals surface area (Å²) in [5, 5.41) is 32.6. The molecule has 1 aliphatic rings. The number of aliphatic hydroxyl groups is 3. The SMILES string of the molecule is COc1cc2cc(CO)c(CO)c(-c3ccnc(N4CCC(O)c5ccccc54)c3)c2cc1OC. The fourth-order valence-corrected chi connectivity index (χ4v) is 4.98. The fourth-order valence-electron chi connectivity index (χ4n) is 4.98. The monoisotopic (exact) mass is 472 g/mol. The predicted octanol–water partition coefficient (Wildman–Crippen LogP) is 4.48. The second kappa shape index (κ2) is 9.54. The molecule has 35 heavy (non-hydrogen) atoms. The van der Waals surface area contributed by atoms with Gasteiger partial charge in [-0.3, -0.25) is 0 Å². The Bertz CT molecular complexity index is 1380. The molecule has 0 spiro atoms. The van der Waals surface area contributed by atoms with Gasteiger partial charge in [0.05, 0.1) is 33.5 Å². The number of hydrogen-bond donors (Lipinski definition) is 3. The third-order valence-electron chi connectivity index (χ3n) is 6.70. The molecule has 1 aromatic heterocycles. The van der Waals surface area contributed by atoms with Crippen molar-refractivity contribution in [1.82, 2.24) is 4.98 Å². The first-order chi connectivity index (χ1) is 17.1. The van der Waals surface area contributed by atoms with Crippen LogP contribution in [-0.2, 0) is 13.2 Å². The zero-order chi connectivity index (χ0) is 24.5. The molecular weight excluding hydrogens is 444 g/mol. The second-order valence-corrected chi connectivity index (χ2v) is 8.55. The molecule has 1 unspecified atom stereocenters. The Hall–Kier alpha value is -3.65. The Morgan fingerprint density at radius 1 is 0.971 bits per heavy atom. The van der Waals surface area contributed by atoms with E-state index in [0.29, 0.717) is 35.6 Å². The van der Waals surface area contributed by atoms with Crippen molar-refractivity contribution in [3.8, 4) is 22.6 Å². The van der Waals surface area contributed by atoms with E-state index in [0.717, 1.165) is 39.0 Å². The number of benzene rings is 3. The van der Waals surface area contributed by atoms with E-state index in [9.17, 15) is 15.3 Å². The lowest BCUT2D eigenvalue weighted by atomic mass is 9.90. The van der Waals surface area contributed by atoms with Crippen LogP contribution in [0.2, 0.25) is 0 Å². The lowest BCUT2D eigenvalue weighted by Crippen LogP contribution is -2.27. The van der Waals surface area contributed by atoms with Gasteiger partial charge in [-0.1, -0.05) is 18.2 Å². The fraction of sp³-hybridized carbons (Fsp3) is 0.250. The van der Waals surface area contributed by atoms with E-state index in [-0.39, 0.29) is 13.2 Å². The highest BCUT2D eigenvalue weighted by Crippen LogP contribution is 2.42. The van der Waals surface area contributed by atoms with E-state index in [4.69, 9.17) is 9.47 Å². The van der Waals surface area contributed by atoms with Crippen LogP contribution in [0.4, 0.5) is 11.5 Å². The Labute approximate surface area is 203 Å². The van der Waals surface area contributed by atoms with Gasteiger partial charge in [0.15, 0.2) is 11.5 Å². The number of anilines is 2. The lowest BCUT2D eigenvalue weighted by molar-refractivity contribution is 0.165.